The van der Waals surface area contributed by atoms with Crippen LogP contribution < -0.4 is 5.32 Å². The molecule has 1 aliphatic rings. The maximum absolute atomic E-state index is 12.4. The lowest BCUT2D eigenvalue weighted by Crippen LogP contribution is -2.30. The Hall–Kier alpha value is -2.66. The number of anilines is 1. The van der Waals surface area contributed by atoms with Crippen LogP contribution in [-0.4, -0.2) is 18.0 Å². The molecule has 5 nitrogen and oxygen atoms in total. The van der Waals surface area contributed by atoms with E-state index in [0.717, 1.165) is 33.5 Å². The average Bonchev–Trinajstić information content (AvgIpc) is 3.05. The number of esters is 1. The van der Waals surface area contributed by atoms with E-state index in [2.05, 4.69) is 5.32 Å². The minimum absolute atomic E-state index is 0.349. The standard InChI is InChI=1S/C21H23NO4/c1-12-7-13(2)19(14(3)8-12)22-20(23)15(4)26-21(24)16-5-6-17-10-25-11-18(17)9-16/h5-9,15H,10-11H2,1-4H3,(H,22,23). The molecule has 26 heavy (non-hydrogen) atoms. The summed E-state index contributed by atoms with van der Waals surface area (Å²) in [5.74, 6) is -0.863. The number of rotatable bonds is 4. The highest BCUT2D eigenvalue weighted by Crippen LogP contribution is 2.23. The second kappa shape index (κ2) is 7.30. The number of nitrogens with one attached hydrogen (secondary N) is 1. The van der Waals surface area contributed by atoms with Crippen LogP contribution in [0.4, 0.5) is 5.69 Å². The number of benzene rings is 2. The van der Waals surface area contributed by atoms with Gasteiger partial charge in [-0.05, 0) is 62.1 Å². The number of amides is 1. The van der Waals surface area contributed by atoms with Crippen LogP contribution in [0.2, 0.25) is 0 Å². The predicted molar refractivity (Wildman–Crippen MR) is 99.1 cm³/mol. The fourth-order valence-corrected chi connectivity index (χ4v) is 3.18. The summed E-state index contributed by atoms with van der Waals surface area (Å²) < 4.78 is 10.7. The molecule has 1 unspecified atom stereocenters. The number of carbonyl (C=O) groups excluding carboxylic acids is 2. The van der Waals surface area contributed by atoms with Gasteiger partial charge in [-0.15, -0.1) is 0 Å². The molecule has 1 N–H and O–H groups in total. The van der Waals surface area contributed by atoms with E-state index in [-0.39, 0.29) is 5.91 Å². The van der Waals surface area contributed by atoms with Crippen LogP contribution >= 0.6 is 0 Å². The maximum atomic E-state index is 12.4. The summed E-state index contributed by atoms with van der Waals surface area (Å²) in [5.41, 5.74) is 6.36. The Morgan fingerprint density at radius 1 is 1.04 bits per heavy atom. The van der Waals surface area contributed by atoms with Crippen LogP contribution in [-0.2, 0) is 27.5 Å². The first-order valence-corrected chi connectivity index (χ1v) is 8.64. The number of ether oxygens (including phenoxy) is 2. The molecule has 0 aliphatic carbocycles. The lowest BCUT2D eigenvalue weighted by Gasteiger charge is -2.17. The second-order valence-electron chi connectivity index (χ2n) is 6.79. The van der Waals surface area contributed by atoms with Crippen molar-refractivity contribution in [1.29, 1.82) is 0 Å². The Balaban J connectivity index is 1.67. The van der Waals surface area contributed by atoms with Crippen molar-refractivity contribution in [2.45, 2.75) is 47.0 Å². The first-order valence-electron chi connectivity index (χ1n) is 8.64. The Morgan fingerprint density at radius 2 is 1.69 bits per heavy atom. The Morgan fingerprint density at radius 3 is 2.38 bits per heavy atom. The molecule has 5 heteroatoms. The van der Waals surface area contributed by atoms with Gasteiger partial charge in [-0.2, -0.15) is 0 Å². The summed E-state index contributed by atoms with van der Waals surface area (Å²) in [6.07, 6.45) is -0.896. The third-order valence-corrected chi connectivity index (χ3v) is 4.54. The van der Waals surface area contributed by atoms with Crippen LogP contribution in [0, 0.1) is 20.8 Å². The fourth-order valence-electron chi connectivity index (χ4n) is 3.18. The average molecular weight is 353 g/mol. The van der Waals surface area contributed by atoms with E-state index < -0.39 is 12.1 Å². The van der Waals surface area contributed by atoms with Crippen molar-refractivity contribution in [2.75, 3.05) is 5.32 Å². The van der Waals surface area contributed by atoms with Crippen molar-refractivity contribution in [3.63, 3.8) is 0 Å². The second-order valence-corrected chi connectivity index (χ2v) is 6.79. The van der Waals surface area contributed by atoms with E-state index >= 15 is 0 Å². The van der Waals surface area contributed by atoms with Gasteiger partial charge >= 0.3 is 5.97 Å². The smallest absolute Gasteiger partial charge is 0.338 e. The molecule has 1 heterocycles. The van der Waals surface area contributed by atoms with Gasteiger partial charge in [0.05, 0.1) is 18.8 Å². The number of aryl methyl sites for hydroxylation is 3. The summed E-state index contributed by atoms with van der Waals surface area (Å²) in [7, 11) is 0. The first kappa shape index (κ1) is 18.1. The fraction of sp³-hybridized carbons (Fsp3) is 0.333. The van der Waals surface area contributed by atoms with Gasteiger partial charge in [-0.3, -0.25) is 4.79 Å². The van der Waals surface area contributed by atoms with E-state index in [0.29, 0.717) is 18.8 Å². The van der Waals surface area contributed by atoms with Crippen LogP contribution in [0.1, 0.15) is 45.1 Å². The molecule has 136 valence electrons. The van der Waals surface area contributed by atoms with E-state index in [4.69, 9.17) is 9.47 Å². The van der Waals surface area contributed by atoms with Crippen molar-refractivity contribution in [2.24, 2.45) is 0 Å². The van der Waals surface area contributed by atoms with Crippen molar-refractivity contribution >= 4 is 17.6 Å². The zero-order valence-corrected chi connectivity index (χ0v) is 15.5. The normalized spacial score (nSPS) is 13.8. The monoisotopic (exact) mass is 353 g/mol. The molecule has 0 spiro atoms. The molecular formula is C21H23NO4. The van der Waals surface area contributed by atoms with Gasteiger partial charge in [-0.25, -0.2) is 4.79 Å². The van der Waals surface area contributed by atoms with Gasteiger partial charge in [-0.1, -0.05) is 23.8 Å². The lowest BCUT2D eigenvalue weighted by atomic mass is 10.0. The van der Waals surface area contributed by atoms with Gasteiger partial charge in [0.1, 0.15) is 0 Å². The van der Waals surface area contributed by atoms with Crippen molar-refractivity contribution < 1.29 is 19.1 Å². The molecule has 0 fully saturated rings. The highest BCUT2D eigenvalue weighted by molar-refractivity contribution is 5.98. The van der Waals surface area contributed by atoms with Gasteiger partial charge < -0.3 is 14.8 Å². The van der Waals surface area contributed by atoms with Crippen molar-refractivity contribution in [3.05, 3.63) is 63.7 Å². The highest BCUT2D eigenvalue weighted by atomic mass is 16.5. The van der Waals surface area contributed by atoms with E-state index in [1.54, 1.807) is 19.1 Å². The molecule has 2 aromatic carbocycles. The molecule has 0 radical (unpaired) electrons. The van der Waals surface area contributed by atoms with Crippen LogP contribution in [0.5, 0.6) is 0 Å². The SMILES string of the molecule is Cc1cc(C)c(NC(=O)C(C)OC(=O)c2ccc3c(c2)COC3)c(C)c1. The van der Waals surface area contributed by atoms with E-state index in [1.165, 1.54) is 0 Å². The van der Waals surface area contributed by atoms with Gasteiger partial charge in [0.2, 0.25) is 0 Å². The molecule has 3 rings (SSSR count). The molecule has 1 atom stereocenters. The molecule has 0 aromatic heterocycles. The van der Waals surface area contributed by atoms with Crippen molar-refractivity contribution in [3.8, 4) is 0 Å². The predicted octanol–water partition coefficient (Wildman–Crippen LogP) is 3.83. The Labute approximate surface area is 153 Å². The number of fused-ring (bicyclic) bond motifs is 1. The molecule has 1 amide bonds. The summed E-state index contributed by atoms with van der Waals surface area (Å²) in [5, 5.41) is 2.87. The third kappa shape index (κ3) is 3.78. The van der Waals surface area contributed by atoms with Crippen LogP contribution in [0.15, 0.2) is 30.3 Å². The summed E-state index contributed by atoms with van der Waals surface area (Å²) in [4.78, 5) is 24.8. The molecule has 1 aliphatic heterocycles. The maximum Gasteiger partial charge on any atom is 0.338 e. The topological polar surface area (TPSA) is 64.6 Å². The zero-order chi connectivity index (χ0) is 18.8. The Kier molecular flexibility index (Phi) is 5.09. The van der Waals surface area contributed by atoms with Crippen molar-refractivity contribution in [1.82, 2.24) is 0 Å². The van der Waals surface area contributed by atoms with Crippen LogP contribution in [0.3, 0.4) is 0 Å². The van der Waals surface area contributed by atoms with Crippen LogP contribution in [0.25, 0.3) is 0 Å². The van der Waals surface area contributed by atoms with E-state index in [1.807, 2.05) is 39.0 Å². The zero-order valence-electron chi connectivity index (χ0n) is 15.5. The Bertz CT molecular complexity index is 849. The molecular weight excluding hydrogens is 330 g/mol. The minimum Gasteiger partial charge on any atom is -0.449 e. The third-order valence-electron chi connectivity index (χ3n) is 4.54. The number of hydrogen-bond acceptors (Lipinski definition) is 4. The number of hydrogen-bond donors (Lipinski definition) is 1. The largest absolute Gasteiger partial charge is 0.449 e. The molecule has 0 bridgehead atoms. The first-order chi connectivity index (χ1) is 12.3. The summed E-state index contributed by atoms with van der Waals surface area (Å²) >= 11 is 0. The molecule has 0 saturated carbocycles. The summed E-state index contributed by atoms with van der Waals surface area (Å²) in [6.45, 7) is 8.54. The van der Waals surface area contributed by atoms with Gasteiger partial charge in [0.25, 0.3) is 5.91 Å². The number of carbonyl (C=O) groups is 2. The summed E-state index contributed by atoms with van der Waals surface area (Å²) in [6, 6.07) is 9.35. The van der Waals surface area contributed by atoms with Gasteiger partial charge in [0.15, 0.2) is 6.10 Å². The molecule has 0 saturated heterocycles. The highest BCUT2D eigenvalue weighted by Gasteiger charge is 2.21. The van der Waals surface area contributed by atoms with E-state index in [9.17, 15) is 9.59 Å². The molecule has 2 aromatic rings. The van der Waals surface area contributed by atoms with Gasteiger partial charge in [0, 0.05) is 5.69 Å². The quantitative estimate of drug-likeness (QED) is 0.849. The minimum atomic E-state index is -0.896. The lowest BCUT2D eigenvalue weighted by molar-refractivity contribution is -0.123.